The van der Waals surface area contributed by atoms with Crippen LogP contribution in [0.5, 0.6) is 0 Å². The minimum atomic E-state index is -4.46. The van der Waals surface area contributed by atoms with Gasteiger partial charge in [-0.05, 0) is 138 Å². The monoisotopic (exact) mass is 939 g/mol. The molecule has 0 amide bonds. The fourth-order valence-electron chi connectivity index (χ4n) is 15.1. The molecule has 0 spiro atoms. The lowest BCUT2D eigenvalue weighted by molar-refractivity contribution is 0.0110. The van der Waals surface area contributed by atoms with Crippen molar-refractivity contribution in [3.05, 3.63) is 0 Å². The van der Waals surface area contributed by atoms with Crippen LogP contribution in [0.1, 0.15) is 141 Å². The summed E-state index contributed by atoms with van der Waals surface area (Å²) in [6.45, 7) is 4.18. The third kappa shape index (κ3) is 10.9. The zero-order valence-corrected chi connectivity index (χ0v) is 39.6. The van der Waals surface area contributed by atoms with Crippen LogP contribution in [-0.2, 0) is 20.2 Å². The van der Waals surface area contributed by atoms with Gasteiger partial charge in [-0.15, -0.1) is 0 Å². The van der Waals surface area contributed by atoms with Gasteiger partial charge in [0.2, 0.25) is 0 Å². The van der Waals surface area contributed by atoms with Crippen molar-refractivity contribution in [3.8, 4) is 0 Å². The minimum Gasteiger partial charge on any atom is -0.287 e. The second kappa shape index (κ2) is 20.4. The highest BCUT2D eigenvalue weighted by molar-refractivity contribution is 7.86. The molecule has 4 saturated heterocycles. The fraction of sp³-hybridized carbons (Fsp3) is 1.00. The van der Waals surface area contributed by atoms with Gasteiger partial charge in [-0.2, -0.15) is 16.8 Å². The molecule has 4 heterocycles. The molecule has 366 valence electrons. The SMILES string of the molecule is O=S(=O)(O)C1CCC2C(CCC(NC3NC(NC4CCCC5C(NC6NC(NC7CCC8CCCCC8C7)NC(N7CCCC7)N6)CCCC45)NC(N4CCCC4)N3)C2S(=O)(=O)O)C1. The topological polar surface area (TPSA) is 236 Å². The summed E-state index contributed by atoms with van der Waals surface area (Å²) in [6.07, 6.45) is 22.6. The van der Waals surface area contributed by atoms with Crippen molar-refractivity contribution in [3.63, 3.8) is 0 Å². The molecule has 0 aromatic carbocycles. The van der Waals surface area contributed by atoms with Crippen LogP contribution < -0.4 is 53.2 Å². The summed E-state index contributed by atoms with van der Waals surface area (Å²) in [7, 11) is -8.67. The third-order valence-electron chi connectivity index (χ3n) is 18.2. The van der Waals surface area contributed by atoms with Crippen molar-refractivity contribution in [1.82, 2.24) is 63.0 Å². The van der Waals surface area contributed by atoms with E-state index >= 15 is 0 Å². The largest absolute Gasteiger partial charge is 0.287 e. The Morgan fingerprint density at radius 1 is 0.406 bits per heavy atom. The summed E-state index contributed by atoms with van der Waals surface area (Å²) in [5.41, 5.74) is 0. The Morgan fingerprint density at radius 3 is 1.47 bits per heavy atom. The average molecular weight is 939 g/mol. The molecule has 0 radical (unpaired) electrons. The molecule has 10 rings (SSSR count). The standard InChI is InChI=1S/C44H82N12O6S2/c57-63(58,59)31-18-19-32-29(26-31)16-20-37(38(32)64(60,61)62)48-42-50-41(53-44(54-42)56-23-5-6-24-56)47-36-14-8-11-33-34(36)12-7-13-35(33)46-40-49-39(51-43(52-40)55-21-3-4-22-55)45-30-17-15-27-9-1-2-10-28(27)25-30/h27-54H,1-26H2,(H,57,58,59)(H,60,61,62). The first kappa shape index (κ1) is 47.0. The van der Waals surface area contributed by atoms with Crippen molar-refractivity contribution in [2.24, 2.45) is 35.5 Å². The van der Waals surface area contributed by atoms with Gasteiger partial charge in [-0.3, -0.25) is 72.1 Å². The molecule has 18 nitrogen and oxygen atoms in total. The van der Waals surface area contributed by atoms with Crippen molar-refractivity contribution >= 4 is 20.2 Å². The van der Waals surface area contributed by atoms with Crippen molar-refractivity contribution in [1.29, 1.82) is 0 Å². The van der Waals surface area contributed by atoms with Crippen LogP contribution in [0.15, 0.2) is 0 Å². The summed E-state index contributed by atoms with van der Waals surface area (Å²) in [6, 6.07) is 0.712. The van der Waals surface area contributed by atoms with Crippen LogP contribution in [-0.4, -0.2) is 134 Å². The molecule has 18 unspecified atom stereocenters. The molecule has 6 aliphatic carbocycles. The summed E-state index contributed by atoms with van der Waals surface area (Å²) < 4.78 is 70.8. The summed E-state index contributed by atoms with van der Waals surface area (Å²) >= 11 is 0. The maximum atomic E-state index is 13.1. The van der Waals surface area contributed by atoms with Gasteiger partial charge in [-0.25, -0.2) is 0 Å². The van der Waals surface area contributed by atoms with E-state index < -0.39 is 43.1 Å². The third-order valence-corrected chi connectivity index (χ3v) is 20.8. The highest BCUT2D eigenvalue weighted by Gasteiger charge is 2.51. The van der Waals surface area contributed by atoms with Crippen LogP contribution in [0.4, 0.5) is 0 Å². The maximum Gasteiger partial charge on any atom is 0.269 e. The van der Waals surface area contributed by atoms with Gasteiger partial charge in [0.25, 0.3) is 20.2 Å². The van der Waals surface area contributed by atoms with E-state index in [-0.39, 0.29) is 56.1 Å². The van der Waals surface area contributed by atoms with Gasteiger partial charge in [0.15, 0.2) is 0 Å². The first-order valence-corrected chi connectivity index (χ1v) is 28.9. The molecular weight excluding hydrogens is 857 g/mol. The smallest absolute Gasteiger partial charge is 0.269 e. The van der Waals surface area contributed by atoms with Gasteiger partial charge >= 0.3 is 0 Å². The predicted octanol–water partition coefficient (Wildman–Crippen LogP) is 1.59. The molecule has 0 aromatic rings. The van der Waals surface area contributed by atoms with E-state index in [9.17, 15) is 25.9 Å². The number of fused-ring (bicyclic) bond motifs is 3. The van der Waals surface area contributed by atoms with E-state index in [2.05, 4.69) is 63.0 Å². The summed E-state index contributed by atoms with van der Waals surface area (Å²) in [5.74, 6) is 2.30. The molecule has 0 aromatic heterocycles. The second-order valence-electron chi connectivity index (χ2n) is 21.9. The lowest BCUT2D eigenvalue weighted by atomic mass is 9.66. The lowest BCUT2D eigenvalue weighted by Gasteiger charge is -2.51. The minimum absolute atomic E-state index is 0.00681. The second-order valence-corrected chi connectivity index (χ2v) is 25.2. The van der Waals surface area contributed by atoms with Crippen molar-refractivity contribution in [2.75, 3.05) is 26.2 Å². The Labute approximate surface area is 383 Å². The molecule has 10 aliphatic rings. The van der Waals surface area contributed by atoms with Crippen LogP contribution in [0.25, 0.3) is 0 Å². The normalized spacial score (nSPS) is 46.5. The Bertz CT molecular complexity index is 1780. The van der Waals surface area contributed by atoms with Gasteiger partial charge in [0.05, 0.1) is 5.25 Å². The number of nitrogens with zero attached hydrogens (tertiary/aromatic N) is 2. The zero-order valence-electron chi connectivity index (χ0n) is 38.0. The molecule has 12 N–H and O–H groups in total. The van der Waals surface area contributed by atoms with Gasteiger partial charge in [0.1, 0.15) is 43.0 Å². The highest BCUT2D eigenvalue weighted by Crippen LogP contribution is 2.45. The van der Waals surface area contributed by atoms with E-state index in [0.29, 0.717) is 49.2 Å². The van der Waals surface area contributed by atoms with Gasteiger partial charge in [0, 0.05) is 50.3 Å². The average Bonchev–Trinajstić information content (AvgIpc) is 4.02. The maximum absolute atomic E-state index is 13.1. The summed E-state index contributed by atoms with van der Waals surface area (Å²) in [4.78, 5) is 4.99. The number of rotatable bonds is 12. The number of likely N-dealkylation sites (tertiary alicyclic amines) is 2. The molecule has 10 fully saturated rings. The number of nitrogens with one attached hydrogen (secondary N) is 10. The van der Waals surface area contributed by atoms with E-state index in [0.717, 1.165) is 63.7 Å². The fourth-order valence-corrected chi connectivity index (χ4v) is 17.5. The van der Waals surface area contributed by atoms with Crippen molar-refractivity contribution < 1.29 is 25.9 Å². The molecule has 4 aliphatic heterocycles. The van der Waals surface area contributed by atoms with Crippen LogP contribution in [0.2, 0.25) is 0 Å². The first-order valence-electron chi connectivity index (χ1n) is 25.9. The van der Waals surface area contributed by atoms with Gasteiger partial charge < -0.3 is 0 Å². The Balaban J connectivity index is 0.793. The zero-order chi connectivity index (χ0) is 44.0. The molecule has 6 saturated carbocycles. The molecule has 20 heteroatoms. The van der Waals surface area contributed by atoms with E-state index in [1.807, 2.05) is 0 Å². The Hall–Kier alpha value is -0.660. The van der Waals surface area contributed by atoms with Crippen LogP contribution in [0.3, 0.4) is 0 Å². The summed E-state index contributed by atoms with van der Waals surface area (Å²) in [5, 5.41) is 37.0. The molecule has 18 atom stereocenters. The lowest BCUT2D eigenvalue weighted by Crippen LogP contribution is -2.80. The van der Waals surface area contributed by atoms with E-state index in [1.165, 1.54) is 83.5 Å². The predicted molar refractivity (Wildman–Crippen MR) is 246 cm³/mol. The Kier molecular flexibility index (Phi) is 15.0. The van der Waals surface area contributed by atoms with Crippen LogP contribution >= 0.6 is 0 Å². The van der Waals surface area contributed by atoms with E-state index in [1.54, 1.807) is 0 Å². The quantitative estimate of drug-likeness (QED) is 0.125. The van der Waals surface area contributed by atoms with Crippen molar-refractivity contribution in [2.45, 2.75) is 214 Å². The molecular formula is C44H82N12O6S2. The number of hydrogen-bond donors (Lipinski definition) is 12. The Morgan fingerprint density at radius 2 is 0.922 bits per heavy atom. The molecule has 0 bridgehead atoms. The van der Waals surface area contributed by atoms with Crippen LogP contribution in [0, 0.1) is 35.5 Å². The highest BCUT2D eigenvalue weighted by atomic mass is 32.2. The van der Waals surface area contributed by atoms with Gasteiger partial charge in [-0.1, -0.05) is 38.5 Å². The molecule has 64 heavy (non-hydrogen) atoms. The van der Waals surface area contributed by atoms with E-state index in [4.69, 9.17) is 0 Å². The first-order chi connectivity index (χ1) is 30.9. The number of hydrogen-bond acceptors (Lipinski definition) is 16.